The van der Waals surface area contributed by atoms with Crippen molar-refractivity contribution in [2.45, 2.75) is 25.5 Å². The average Bonchev–Trinajstić information content (AvgIpc) is 2.56. The van der Waals surface area contributed by atoms with Crippen LogP contribution < -0.4 is 0 Å². The molecule has 2 aromatic carbocycles. The van der Waals surface area contributed by atoms with E-state index in [0.717, 1.165) is 38.0 Å². The van der Waals surface area contributed by atoms with Crippen LogP contribution >= 0.6 is 22.6 Å². The number of hydrogen-bond donors (Lipinski definition) is 1. The zero-order chi connectivity index (χ0) is 16.2. The lowest BCUT2D eigenvalue weighted by Gasteiger charge is -2.34. The van der Waals surface area contributed by atoms with E-state index in [1.807, 2.05) is 0 Å². The van der Waals surface area contributed by atoms with Gasteiger partial charge >= 0.3 is 0 Å². The van der Waals surface area contributed by atoms with E-state index >= 15 is 0 Å². The summed E-state index contributed by atoms with van der Waals surface area (Å²) in [5.41, 5.74) is 2.16. The number of rotatable bonds is 4. The summed E-state index contributed by atoms with van der Waals surface area (Å²) < 4.78 is 14.3. The number of aliphatic hydroxyl groups is 1. The first kappa shape index (κ1) is 16.9. The Bertz CT molecular complexity index is 638. The fraction of sp³-hybridized carbons (Fsp3) is 0.368. The Morgan fingerprint density at radius 3 is 2.48 bits per heavy atom. The molecule has 2 aromatic rings. The molecule has 0 amide bonds. The topological polar surface area (TPSA) is 23.5 Å². The highest BCUT2D eigenvalue weighted by Crippen LogP contribution is 2.31. The molecule has 0 radical (unpaired) electrons. The van der Waals surface area contributed by atoms with E-state index < -0.39 is 6.10 Å². The van der Waals surface area contributed by atoms with Gasteiger partial charge in [0.15, 0.2) is 0 Å². The molecule has 23 heavy (non-hydrogen) atoms. The molecule has 1 heterocycles. The molecule has 122 valence electrons. The predicted octanol–water partition coefficient (Wildman–Crippen LogP) is 4.38. The van der Waals surface area contributed by atoms with Crippen LogP contribution in [-0.2, 0) is 6.54 Å². The smallest absolute Gasteiger partial charge is 0.123 e. The number of nitrogens with zero attached hydrogens (tertiary/aromatic N) is 1. The molecule has 2 nitrogen and oxygen atoms in total. The molecule has 1 aliphatic heterocycles. The molecule has 1 saturated heterocycles. The zero-order valence-corrected chi connectivity index (χ0v) is 15.1. The molecule has 0 spiro atoms. The van der Waals surface area contributed by atoms with E-state index in [2.05, 4.69) is 51.8 Å². The molecule has 0 aromatic heterocycles. The summed E-state index contributed by atoms with van der Waals surface area (Å²) in [7, 11) is 0. The first-order valence-corrected chi connectivity index (χ1v) is 9.10. The first-order chi connectivity index (χ1) is 11.1. The van der Waals surface area contributed by atoms with Crippen LogP contribution in [0, 0.1) is 15.3 Å². The lowest BCUT2D eigenvalue weighted by molar-refractivity contribution is 0.0567. The van der Waals surface area contributed by atoms with E-state index in [0.29, 0.717) is 0 Å². The molecular formula is C19H21FINO. The summed E-state index contributed by atoms with van der Waals surface area (Å²) >= 11 is 2.34. The summed E-state index contributed by atoms with van der Waals surface area (Å²) in [5, 5.41) is 10.5. The van der Waals surface area contributed by atoms with Gasteiger partial charge in [-0.15, -0.1) is 0 Å². The third-order valence-electron chi connectivity index (χ3n) is 4.59. The van der Waals surface area contributed by atoms with Crippen molar-refractivity contribution in [3.05, 3.63) is 69.0 Å². The third kappa shape index (κ3) is 4.52. The largest absolute Gasteiger partial charge is 0.388 e. The van der Waals surface area contributed by atoms with Gasteiger partial charge in [-0.2, -0.15) is 0 Å². The molecule has 0 bridgehead atoms. The van der Waals surface area contributed by atoms with Crippen molar-refractivity contribution < 1.29 is 9.50 Å². The molecule has 1 fully saturated rings. The predicted molar refractivity (Wildman–Crippen MR) is 98.5 cm³/mol. The molecule has 0 aliphatic carbocycles. The second-order valence-electron chi connectivity index (χ2n) is 6.24. The molecule has 1 aliphatic rings. The fourth-order valence-electron chi connectivity index (χ4n) is 3.25. The Morgan fingerprint density at radius 2 is 1.83 bits per heavy atom. The van der Waals surface area contributed by atoms with Gasteiger partial charge in [-0.1, -0.05) is 24.3 Å². The Balaban J connectivity index is 1.54. The van der Waals surface area contributed by atoms with Crippen LogP contribution in [0.15, 0.2) is 48.5 Å². The van der Waals surface area contributed by atoms with Gasteiger partial charge in [0.25, 0.3) is 0 Å². The highest BCUT2D eigenvalue weighted by molar-refractivity contribution is 14.1. The van der Waals surface area contributed by atoms with Crippen LogP contribution in [0.4, 0.5) is 4.39 Å². The Hall–Kier alpha value is -0.980. The molecule has 0 saturated carbocycles. The van der Waals surface area contributed by atoms with Crippen LogP contribution in [0.5, 0.6) is 0 Å². The van der Waals surface area contributed by atoms with Crippen molar-refractivity contribution in [3.8, 4) is 0 Å². The van der Waals surface area contributed by atoms with E-state index in [1.165, 1.54) is 21.3 Å². The molecule has 1 atom stereocenters. The van der Waals surface area contributed by atoms with Gasteiger partial charge in [0.2, 0.25) is 0 Å². The maximum absolute atomic E-state index is 13.0. The van der Waals surface area contributed by atoms with Crippen molar-refractivity contribution in [2.75, 3.05) is 13.1 Å². The van der Waals surface area contributed by atoms with E-state index in [1.54, 1.807) is 12.1 Å². The standard InChI is InChI=1S/C19H21FINO/c20-17-6-4-15(5-7-17)19(23)16-8-10-22(11-9-16)13-14-2-1-3-18(21)12-14/h1-7,12,16,19,23H,8-11,13H2/t19-/m0/s1. The third-order valence-corrected chi connectivity index (χ3v) is 5.26. The van der Waals surface area contributed by atoms with Crippen LogP contribution in [0.2, 0.25) is 0 Å². The normalized spacial score (nSPS) is 18.0. The second-order valence-corrected chi connectivity index (χ2v) is 7.49. The Labute approximate surface area is 150 Å². The van der Waals surface area contributed by atoms with E-state index in [9.17, 15) is 9.50 Å². The number of halogens is 2. The van der Waals surface area contributed by atoms with Crippen molar-refractivity contribution in [3.63, 3.8) is 0 Å². The SMILES string of the molecule is O[C@@H](c1ccc(F)cc1)C1CCN(Cc2cccc(I)c2)CC1. The minimum atomic E-state index is -0.490. The fourth-order valence-corrected chi connectivity index (χ4v) is 3.86. The summed E-state index contributed by atoms with van der Waals surface area (Å²) in [6, 6.07) is 14.8. The van der Waals surface area contributed by atoms with Gasteiger partial charge < -0.3 is 5.11 Å². The maximum atomic E-state index is 13.0. The van der Waals surface area contributed by atoms with Crippen molar-refractivity contribution >= 4 is 22.6 Å². The van der Waals surface area contributed by atoms with Crippen molar-refractivity contribution in [2.24, 2.45) is 5.92 Å². The molecule has 4 heteroatoms. The summed E-state index contributed by atoms with van der Waals surface area (Å²) in [4.78, 5) is 2.44. The van der Waals surface area contributed by atoms with Crippen molar-refractivity contribution in [1.82, 2.24) is 4.90 Å². The van der Waals surface area contributed by atoms with E-state index in [-0.39, 0.29) is 11.7 Å². The zero-order valence-electron chi connectivity index (χ0n) is 13.0. The first-order valence-electron chi connectivity index (χ1n) is 8.02. The lowest BCUT2D eigenvalue weighted by Crippen LogP contribution is -2.35. The number of likely N-dealkylation sites (tertiary alicyclic amines) is 1. The minimum absolute atomic E-state index is 0.256. The Kier molecular flexibility index (Phi) is 5.67. The molecule has 0 unspecified atom stereocenters. The van der Waals surface area contributed by atoms with Crippen LogP contribution in [0.1, 0.15) is 30.1 Å². The molecular weight excluding hydrogens is 404 g/mol. The van der Waals surface area contributed by atoms with Gasteiger partial charge in [0, 0.05) is 10.1 Å². The molecule has 1 N–H and O–H groups in total. The summed E-state index contributed by atoms with van der Waals surface area (Å²) in [6.07, 6.45) is 1.46. The highest BCUT2D eigenvalue weighted by atomic mass is 127. The number of aliphatic hydroxyl groups excluding tert-OH is 1. The van der Waals surface area contributed by atoms with Gasteiger partial charge in [-0.25, -0.2) is 4.39 Å². The summed E-state index contributed by atoms with van der Waals surface area (Å²) in [5.74, 6) is 0.000818. The average molecular weight is 425 g/mol. The number of benzene rings is 2. The summed E-state index contributed by atoms with van der Waals surface area (Å²) in [6.45, 7) is 2.96. The monoisotopic (exact) mass is 425 g/mol. The number of piperidine rings is 1. The maximum Gasteiger partial charge on any atom is 0.123 e. The highest BCUT2D eigenvalue weighted by Gasteiger charge is 2.26. The second kappa shape index (κ2) is 7.73. The van der Waals surface area contributed by atoms with E-state index in [4.69, 9.17) is 0 Å². The van der Waals surface area contributed by atoms with Gasteiger partial charge in [-0.3, -0.25) is 4.90 Å². The van der Waals surface area contributed by atoms with Crippen LogP contribution in [-0.4, -0.2) is 23.1 Å². The van der Waals surface area contributed by atoms with Crippen molar-refractivity contribution in [1.29, 1.82) is 0 Å². The van der Waals surface area contributed by atoms with Gasteiger partial charge in [0.1, 0.15) is 5.82 Å². The Morgan fingerprint density at radius 1 is 1.13 bits per heavy atom. The quantitative estimate of drug-likeness (QED) is 0.736. The van der Waals surface area contributed by atoms with Gasteiger partial charge in [-0.05, 0) is 89.8 Å². The molecule has 3 rings (SSSR count). The van der Waals surface area contributed by atoms with Gasteiger partial charge in [0.05, 0.1) is 6.10 Å². The van der Waals surface area contributed by atoms with Crippen LogP contribution in [0.25, 0.3) is 0 Å². The van der Waals surface area contributed by atoms with Crippen LogP contribution in [0.3, 0.4) is 0 Å². The number of hydrogen-bond acceptors (Lipinski definition) is 2. The minimum Gasteiger partial charge on any atom is -0.388 e. The lowest BCUT2D eigenvalue weighted by atomic mass is 9.87.